The predicted octanol–water partition coefficient (Wildman–Crippen LogP) is 3.68. The van der Waals surface area contributed by atoms with Crippen LogP contribution in [-0.2, 0) is 9.63 Å². The topological polar surface area (TPSA) is 71.4 Å². The molecular formula is C22H27ClN2O4. The molecule has 0 saturated carbocycles. The number of rotatable bonds is 8. The van der Waals surface area contributed by atoms with Crippen LogP contribution >= 0.6 is 12.4 Å². The molecule has 2 aromatic carbocycles. The fourth-order valence-corrected chi connectivity index (χ4v) is 3.38. The van der Waals surface area contributed by atoms with Gasteiger partial charge in [-0.15, -0.1) is 12.4 Å². The lowest BCUT2D eigenvalue weighted by molar-refractivity contribution is -0.143. The van der Waals surface area contributed by atoms with E-state index in [0.717, 1.165) is 42.0 Å². The van der Waals surface area contributed by atoms with Crippen molar-refractivity contribution in [2.45, 2.75) is 12.8 Å². The van der Waals surface area contributed by atoms with Crippen LogP contribution in [0.3, 0.4) is 0 Å². The molecule has 1 heterocycles. The Labute approximate surface area is 177 Å². The minimum atomic E-state index is -0.715. The van der Waals surface area contributed by atoms with Crippen LogP contribution in [0.5, 0.6) is 5.75 Å². The van der Waals surface area contributed by atoms with Crippen LogP contribution in [0, 0.1) is 5.92 Å². The Morgan fingerprint density at radius 2 is 1.93 bits per heavy atom. The first-order valence-corrected chi connectivity index (χ1v) is 9.52. The summed E-state index contributed by atoms with van der Waals surface area (Å²) in [6, 6.07) is 17.6. The number of oxime groups is 1. The third kappa shape index (κ3) is 6.48. The summed E-state index contributed by atoms with van der Waals surface area (Å²) in [5.74, 6) is -0.240. The maximum Gasteiger partial charge on any atom is 0.307 e. The van der Waals surface area contributed by atoms with E-state index in [1.54, 1.807) is 7.11 Å². The van der Waals surface area contributed by atoms with E-state index in [9.17, 15) is 9.90 Å². The number of carboxylic acid groups (broad SMARTS) is 1. The van der Waals surface area contributed by atoms with Crippen LogP contribution in [-0.4, -0.2) is 55.0 Å². The molecule has 1 aliphatic rings. The molecule has 2 aromatic rings. The van der Waals surface area contributed by atoms with Crippen LogP contribution in [0.1, 0.15) is 24.0 Å². The zero-order chi connectivity index (χ0) is 19.8. The van der Waals surface area contributed by atoms with Crippen molar-refractivity contribution < 1.29 is 19.5 Å². The van der Waals surface area contributed by atoms with E-state index in [4.69, 9.17) is 9.57 Å². The Kier molecular flexibility index (Phi) is 8.96. The number of aliphatic carboxylic acids is 1. The molecule has 156 valence electrons. The highest BCUT2D eigenvalue weighted by molar-refractivity contribution is 6.12. The van der Waals surface area contributed by atoms with Crippen molar-refractivity contribution in [2.75, 3.05) is 33.4 Å². The summed E-state index contributed by atoms with van der Waals surface area (Å²) in [5.41, 5.74) is 2.61. The van der Waals surface area contributed by atoms with Crippen molar-refractivity contribution in [3.05, 3.63) is 65.7 Å². The minimum absolute atomic E-state index is 0. The van der Waals surface area contributed by atoms with Crippen LogP contribution < -0.4 is 4.74 Å². The average Bonchev–Trinajstić information content (AvgIpc) is 2.74. The molecule has 0 aromatic heterocycles. The van der Waals surface area contributed by atoms with Crippen molar-refractivity contribution in [1.29, 1.82) is 0 Å². The first kappa shape index (κ1) is 22.7. The second-order valence-corrected chi connectivity index (χ2v) is 6.85. The number of piperidine rings is 1. The summed E-state index contributed by atoms with van der Waals surface area (Å²) in [6.45, 7) is 2.54. The maximum atomic E-state index is 11.2. The molecule has 0 bridgehead atoms. The third-order valence-electron chi connectivity index (χ3n) is 4.90. The van der Waals surface area contributed by atoms with Crippen molar-refractivity contribution in [3.8, 4) is 5.75 Å². The summed E-state index contributed by atoms with van der Waals surface area (Å²) < 4.78 is 5.32. The lowest BCUT2D eigenvalue weighted by Gasteiger charge is -2.29. The van der Waals surface area contributed by atoms with Gasteiger partial charge >= 0.3 is 5.97 Å². The van der Waals surface area contributed by atoms with Gasteiger partial charge in [-0.2, -0.15) is 0 Å². The van der Waals surface area contributed by atoms with E-state index >= 15 is 0 Å². The predicted molar refractivity (Wildman–Crippen MR) is 115 cm³/mol. The highest BCUT2D eigenvalue weighted by Gasteiger charge is 2.25. The third-order valence-corrected chi connectivity index (χ3v) is 4.90. The molecule has 1 fully saturated rings. The van der Waals surface area contributed by atoms with Crippen molar-refractivity contribution in [2.24, 2.45) is 11.1 Å². The van der Waals surface area contributed by atoms with Gasteiger partial charge in [-0.05, 0) is 31.5 Å². The van der Waals surface area contributed by atoms with Crippen molar-refractivity contribution in [1.82, 2.24) is 4.90 Å². The number of methoxy groups -OCH3 is 1. The lowest BCUT2D eigenvalue weighted by Crippen LogP contribution is -2.40. The first-order chi connectivity index (χ1) is 13.7. The molecule has 0 radical (unpaired) electrons. The zero-order valence-electron chi connectivity index (χ0n) is 16.5. The minimum Gasteiger partial charge on any atom is -0.497 e. The number of benzene rings is 2. The summed E-state index contributed by atoms with van der Waals surface area (Å²) in [5, 5.41) is 13.6. The Bertz CT molecular complexity index is 813. The molecule has 0 unspecified atom stereocenters. The fraction of sp³-hybridized carbons (Fsp3) is 0.364. The molecule has 29 heavy (non-hydrogen) atoms. The van der Waals surface area contributed by atoms with Gasteiger partial charge in [-0.1, -0.05) is 47.6 Å². The van der Waals surface area contributed by atoms with Gasteiger partial charge < -0.3 is 14.7 Å². The molecule has 0 aliphatic carbocycles. The van der Waals surface area contributed by atoms with Crippen LogP contribution in [0.25, 0.3) is 0 Å². The van der Waals surface area contributed by atoms with Gasteiger partial charge in [-0.3, -0.25) is 9.69 Å². The largest absolute Gasteiger partial charge is 0.497 e. The summed E-state index contributed by atoms with van der Waals surface area (Å²) in [7, 11) is 1.64. The highest BCUT2D eigenvalue weighted by Crippen LogP contribution is 2.18. The van der Waals surface area contributed by atoms with Gasteiger partial charge in [0.15, 0.2) is 0 Å². The maximum absolute atomic E-state index is 11.2. The van der Waals surface area contributed by atoms with Crippen molar-refractivity contribution >= 4 is 24.1 Å². The van der Waals surface area contributed by atoms with Gasteiger partial charge in [0.2, 0.25) is 0 Å². The van der Waals surface area contributed by atoms with Crippen LogP contribution in [0.15, 0.2) is 59.8 Å². The van der Waals surface area contributed by atoms with Gasteiger partial charge in [0, 0.05) is 24.2 Å². The smallest absolute Gasteiger partial charge is 0.307 e. The van der Waals surface area contributed by atoms with E-state index in [2.05, 4.69) is 10.1 Å². The van der Waals surface area contributed by atoms with Gasteiger partial charge in [0.05, 0.1) is 13.0 Å². The summed E-state index contributed by atoms with van der Waals surface area (Å²) in [6.07, 6.45) is 1.65. The lowest BCUT2D eigenvalue weighted by atomic mass is 9.98. The molecule has 0 spiro atoms. The van der Waals surface area contributed by atoms with Gasteiger partial charge in [-0.25, -0.2) is 0 Å². The van der Waals surface area contributed by atoms with Gasteiger partial charge in [0.25, 0.3) is 0 Å². The molecule has 0 amide bonds. The molecule has 7 heteroatoms. The Balaban J connectivity index is 0.00000300. The van der Waals surface area contributed by atoms with Crippen LogP contribution in [0.4, 0.5) is 0 Å². The number of hydrogen-bond acceptors (Lipinski definition) is 5. The number of likely N-dealkylation sites (tertiary alicyclic amines) is 1. The van der Waals surface area contributed by atoms with E-state index in [1.807, 2.05) is 54.6 Å². The summed E-state index contributed by atoms with van der Waals surface area (Å²) >= 11 is 0. The van der Waals surface area contributed by atoms with E-state index in [-0.39, 0.29) is 18.3 Å². The standard InChI is InChI=1S/C22H26N2O4.ClH/c1-27-20-11-5-9-18(15-20)21(17-7-3-2-4-8-17)23-28-14-13-24-12-6-10-19(16-24)22(25)26;/h2-5,7-9,11,15,19H,6,10,12-14,16H2,1H3,(H,25,26);1H/t19-;/m1./s1. The fourth-order valence-electron chi connectivity index (χ4n) is 3.38. The Hall–Kier alpha value is -2.57. The van der Waals surface area contributed by atoms with Gasteiger partial charge in [0.1, 0.15) is 18.1 Å². The van der Waals surface area contributed by atoms with Crippen molar-refractivity contribution in [3.63, 3.8) is 0 Å². The first-order valence-electron chi connectivity index (χ1n) is 9.52. The molecular weight excluding hydrogens is 392 g/mol. The number of nitrogens with zero attached hydrogens (tertiary/aromatic N) is 2. The number of carboxylic acids is 1. The zero-order valence-corrected chi connectivity index (χ0v) is 17.3. The second-order valence-electron chi connectivity index (χ2n) is 6.85. The second kappa shape index (κ2) is 11.4. The highest BCUT2D eigenvalue weighted by atomic mass is 35.5. The number of hydrogen-bond donors (Lipinski definition) is 1. The number of ether oxygens (including phenoxy) is 1. The molecule has 3 rings (SSSR count). The SMILES string of the molecule is COc1cccc(C(=NOCCN2CCC[C@@H](C(=O)O)C2)c2ccccc2)c1.Cl. The van der Waals surface area contributed by atoms with E-state index in [1.165, 1.54) is 0 Å². The Morgan fingerprint density at radius 3 is 2.66 bits per heavy atom. The average molecular weight is 419 g/mol. The van der Waals surface area contributed by atoms with E-state index in [0.29, 0.717) is 19.7 Å². The monoisotopic (exact) mass is 418 g/mol. The molecule has 1 saturated heterocycles. The number of halogens is 1. The molecule has 1 N–H and O–H groups in total. The molecule has 6 nitrogen and oxygen atoms in total. The Morgan fingerprint density at radius 1 is 1.17 bits per heavy atom. The molecule has 1 aliphatic heterocycles. The quantitative estimate of drug-likeness (QED) is 0.402. The summed E-state index contributed by atoms with van der Waals surface area (Å²) in [4.78, 5) is 19.0. The molecule has 1 atom stereocenters. The van der Waals surface area contributed by atoms with Crippen LogP contribution in [0.2, 0.25) is 0 Å². The normalized spacial score (nSPS) is 17.3. The number of carbonyl (C=O) groups is 1. The van der Waals surface area contributed by atoms with E-state index < -0.39 is 5.97 Å².